The number of nitrogens with one attached hydrogen (secondary N) is 2. The summed E-state index contributed by atoms with van der Waals surface area (Å²) in [5, 5.41) is 71.7. The second-order valence-electron chi connectivity index (χ2n) is 15.2. The summed E-state index contributed by atoms with van der Waals surface area (Å²) in [7, 11) is 3.09. The van der Waals surface area contributed by atoms with Crippen LogP contribution in [0.1, 0.15) is 45.4 Å². The number of hydrogen-bond donors (Lipinski definition) is 11. The highest BCUT2D eigenvalue weighted by Crippen LogP contribution is 2.52. The minimum absolute atomic E-state index is 0.0404. The number of carbonyl (C=O) groups is 2. The SMILES string of the molecule is C[NH+]=C(N)NCC1C(C)CC2C(=O)C3C(CO)C(OC)CC(OC4OC(CO)C(O)(CCC5CC[NH2+]C(N)C5)C(O)C4O)C3C(=O)C2C1O. The maximum absolute atomic E-state index is 14.5. The summed E-state index contributed by atoms with van der Waals surface area (Å²) in [4.78, 5) is 31.6. The maximum Gasteiger partial charge on any atom is 0.340 e. The first kappa shape index (κ1) is 38.4. The molecule has 2 heterocycles. The van der Waals surface area contributed by atoms with Crippen molar-refractivity contribution in [2.45, 2.75) is 100 Å². The van der Waals surface area contributed by atoms with Crippen LogP contribution in [0, 0.1) is 47.3 Å². The number of methoxy groups -OCH3 is 1. The normalized spacial score (nSPS) is 47.8. The fourth-order valence-corrected chi connectivity index (χ4v) is 9.63. The topological polar surface area (TPSA) is 278 Å². The van der Waals surface area contributed by atoms with Gasteiger partial charge >= 0.3 is 5.96 Å². The molecule has 280 valence electrons. The Morgan fingerprint density at radius 2 is 1.78 bits per heavy atom. The zero-order valence-corrected chi connectivity index (χ0v) is 28.8. The van der Waals surface area contributed by atoms with Gasteiger partial charge in [-0.2, -0.15) is 0 Å². The van der Waals surface area contributed by atoms with Crippen molar-refractivity contribution in [1.29, 1.82) is 0 Å². The van der Waals surface area contributed by atoms with Gasteiger partial charge in [-0.3, -0.25) is 31.4 Å². The van der Waals surface area contributed by atoms with E-state index in [1.165, 1.54) is 7.11 Å². The van der Waals surface area contributed by atoms with E-state index in [0.29, 0.717) is 18.8 Å². The Bertz CT molecular complexity index is 1190. The number of aliphatic hydroxyl groups excluding tert-OH is 5. The van der Waals surface area contributed by atoms with Gasteiger partial charge in [-0.05, 0) is 37.5 Å². The molecule has 17 unspecified atom stereocenters. The fourth-order valence-electron chi connectivity index (χ4n) is 9.63. The molecule has 5 fully saturated rings. The molecule has 0 radical (unpaired) electrons. The summed E-state index contributed by atoms with van der Waals surface area (Å²) in [6.45, 7) is 1.94. The van der Waals surface area contributed by atoms with Crippen LogP contribution in [-0.2, 0) is 23.8 Å². The van der Waals surface area contributed by atoms with Crippen molar-refractivity contribution in [1.82, 2.24) is 5.32 Å². The molecule has 17 atom stereocenters. The molecular weight excluding hydrogens is 642 g/mol. The van der Waals surface area contributed by atoms with Crippen molar-refractivity contribution >= 4 is 17.5 Å². The predicted molar refractivity (Wildman–Crippen MR) is 172 cm³/mol. The minimum Gasteiger partial charge on any atom is -0.396 e. The van der Waals surface area contributed by atoms with Crippen LogP contribution in [-0.4, -0.2) is 143 Å². The summed E-state index contributed by atoms with van der Waals surface area (Å²) in [5.74, 6) is -5.27. The molecule has 0 amide bonds. The van der Waals surface area contributed by atoms with Gasteiger partial charge in [-0.15, -0.1) is 0 Å². The molecule has 0 aromatic heterocycles. The van der Waals surface area contributed by atoms with Crippen molar-refractivity contribution < 1.29 is 64.7 Å². The lowest BCUT2D eigenvalue weighted by Crippen LogP contribution is -2.94. The average Bonchev–Trinajstić information content (AvgIpc) is 3.08. The second kappa shape index (κ2) is 15.8. The fraction of sp³-hybridized carbons (Fsp3) is 0.909. The van der Waals surface area contributed by atoms with E-state index in [1.54, 1.807) is 7.05 Å². The van der Waals surface area contributed by atoms with Gasteiger partial charge in [0.25, 0.3) is 0 Å². The molecule has 0 aromatic rings. The Hall–Kier alpha value is -1.83. The molecule has 49 heavy (non-hydrogen) atoms. The van der Waals surface area contributed by atoms with Crippen molar-refractivity contribution in [3.05, 3.63) is 0 Å². The lowest BCUT2D eigenvalue weighted by molar-refractivity contribution is -0.699. The molecule has 3 aliphatic carbocycles. The first-order valence-corrected chi connectivity index (χ1v) is 17.8. The third-order valence-electron chi connectivity index (χ3n) is 12.5. The lowest BCUT2D eigenvalue weighted by Gasteiger charge is -2.55. The third-order valence-corrected chi connectivity index (χ3v) is 12.5. The van der Waals surface area contributed by atoms with Gasteiger partial charge in [-0.1, -0.05) is 6.92 Å². The average molecular weight is 702 g/mol. The van der Waals surface area contributed by atoms with Crippen molar-refractivity contribution in [2.24, 2.45) is 58.8 Å². The number of ether oxygens (including phenoxy) is 3. The Kier molecular flexibility index (Phi) is 12.4. The first-order chi connectivity index (χ1) is 23.3. The highest BCUT2D eigenvalue weighted by molar-refractivity contribution is 6.01. The van der Waals surface area contributed by atoms with Gasteiger partial charge in [-0.25, -0.2) is 0 Å². The molecule has 5 aliphatic rings. The number of carbonyl (C=O) groups excluding carboxylic acids is 2. The Labute approximate surface area is 286 Å². The molecule has 3 saturated carbocycles. The van der Waals surface area contributed by atoms with Crippen LogP contribution in [0.2, 0.25) is 0 Å². The number of fused-ring (bicyclic) bond motifs is 2. The molecule has 16 heteroatoms. The quantitative estimate of drug-likeness (QED) is 0.0748. The van der Waals surface area contributed by atoms with E-state index in [2.05, 4.69) is 15.6 Å². The van der Waals surface area contributed by atoms with Crippen molar-refractivity contribution in [2.75, 3.05) is 40.5 Å². The Morgan fingerprint density at radius 1 is 1.04 bits per heavy atom. The van der Waals surface area contributed by atoms with Crippen molar-refractivity contribution in [3.8, 4) is 0 Å². The minimum atomic E-state index is -1.99. The van der Waals surface area contributed by atoms with E-state index < -0.39 is 97.2 Å². The predicted octanol–water partition coefficient (Wildman–Crippen LogP) is -6.14. The van der Waals surface area contributed by atoms with Crippen LogP contribution in [0.4, 0.5) is 0 Å². The summed E-state index contributed by atoms with van der Waals surface area (Å²) < 4.78 is 17.9. The number of quaternary nitrogens is 1. The van der Waals surface area contributed by atoms with Crippen LogP contribution < -0.4 is 27.1 Å². The smallest absolute Gasteiger partial charge is 0.340 e. The van der Waals surface area contributed by atoms with Crippen molar-refractivity contribution in [3.63, 3.8) is 0 Å². The zero-order valence-electron chi connectivity index (χ0n) is 28.8. The van der Waals surface area contributed by atoms with Gasteiger partial charge in [0.1, 0.15) is 41.6 Å². The van der Waals surface area contributed by atoms with E-state index in [1.807, 2.05) is 6.92 Å². The number of piperidine rings is 1. The van der Waals surface area contributed by atoms with Gasteiger partial charge in [0.2, 0.25) is 0 Å². The van der Waals surface area contributed by atoms with E-state index in [-0.39, 0.29) is 49.0 Å². The van der Waals surface area contributed by atoms with E-state index in [9.17, 15) is 40.2 Å². The van der Waals surface area contributed by atoms with Crippen LogP contribution in [0.25, 0.3) is 0 Å². The van der Waals surface area contributed by atoms with Gasteiger partial charge in [0, 0.05) is 50.2 Å². The monoisotopic (exact) mass is 701 g/mol. The highest BCUT2D eigenvalue weighted by atomic mass is 16.7. The molecule has 5 rings (SSSR count). The number of Topliss-reactive ketones (excluding diaryl/α,β-unsaturated/α-hetero) is 2. The number of ketones is 2. The van der Waals surface area contributed by atoms with Gasteiger partial charge in [0.15, 0.2) is 6.29 Å². The van der Waals surface area contributed by atoms with Crippen LogP contribution in [0.5, 0.6) is 0 Å². The Morgan fingerprint density at radius 3 is 2.41 bits per heavy atom. The summed E-state index contributed by atoms with van der Waals surface area (Å²) in [6.07, 6.45) is -6.88. The van der Waals surface area contributed by atoms with Crippen LogP contribution >= 0.6 is 0 Å². The summed E-state index contributed by atoms with van der Waals surface area (Å²) >= 11 is 0. The van der Waals surface area contributed by atoms with Gasteiger partial charge in [0.05, 0.1) is 56.9 Å². The summed E-state index contributed by atoms with van der Waals surface area (Å²) in [5.41, 5.74) is 9.97. The third kappa shape index (κ3) is 7.29. The maximum atomic E-state index is 14.5. The van der Waals surface area contributed by atoms with E-state index in [0.717, 1.165) is 19.4 Å². The highest BCUT2D eigenvalue weighted by Gasteiger charge is 2.63. The van der Waals surface area contributed by atoms with E-state index >= 15 is 0 Å². The number of rotatable bonds is 10. The number of guanidine groups is 1. The number of hydrogen-bond acceptors (Lipinski definition) is 12. The zero-order chi connectivity index (χ0) is 35.8. The second-order valence-corrected chi connectivity index (χ2v) is 15.2. The molecule has 14 N–H and O–H groups in total. The molecule has 0 bridgehead atoms. The first-order valence-electron chi connectivity index (χ1n) is 17.8. The van der Waals surface area contributed by atoms with Crippen LogP contribution in [0.3, 0.4) is 0 Å². The molecule has 2 aliphatic heterocycles. The summed E-state index contributed by atoms with van der Waals surface area (Å²) in [6, 6.07) is 0. The largest absolute Gasteiger partial charge is 0.396 e. The van der Waals surface area contributed by atoms with Crippen LogP contribution in [0.15, 0.2) is 0 Å². The van der Waals surface area contributed by atoms with E-state index in [4.69, 9.17) is 25.7 Å². The standard InChI is InChI=1S/C33H57N5O11/c1-14-8-16-24(27(42)17(14)11-38-32(35)36-2)28(43)25-20(10-19(47-3)18(12-39)23(25)26(16)41)48-31-29(44)30(45)33(46,21(13-40)49-31)6-4-15-5-7-37-22(34)9-15/h14-25,27,29-31,37,39-40,42,44-46H,4-13,34H2,1-3H3,(H3,35,36,38)/p+2. The molecule has 16 nitrogen and oxygen atoms in total. The Balaban J connectivity index is 1.38. The number of aliphatic hydroxyl groups is 6. The lowest BCUT2D eigenvalue weighted by atomic mass is 9.51. The molecule has 0 spiro atoms. The molecule has 0 aromatic carbocycles. The number of nitrogens with two attached hydrogens (primary N) is 3. The van der Waals surface area contributed by atoms with Gasteiger partial charge < -0.3 is 50.2 Å². The molecule has 2 saturated heterocycles. The molecular formula is C33H59N5O11+2.